The molecule has 7 atom stereocenters. The van der Waals surface area contributed by atoms with Crippen LogP contribution in [0.15, 0.2) is 30.3 Å². The summed E-state index contributed by atoms with van der Waals surface area (Å²) in [5.41, 5.74) is 0.807. The van der Waals surface area contributed by atoms with E-state index in [0.29, 0.717) is 45.2 Å². The van der Waals surface area contributed by atoms with Crippen molar-refractivity contribution in [2.24, 2.45) is 11.8 Å². The van der Waals surface area contributed by atoms with E-state index in [2.05, 4.69) is 10.6 Å². The minimum Gasteiger partial charge on any atom is -0.467 e. The first-order valence-electron chi connectivity index (χ1n) is 19.0. The molecule has 300 valence electrons. The summed E-state index contributed by atoms with van der Waals surface area (Å²) in [4.78, 5) is 99.0. The molecule has 3 N–H and O–H groups in total. The van der Waals surface area contributed by atoms with Gasteiger partial charge in [-0.05, 0) is 56.4 Å². The molecule has 7 unspecified atom stereocenters. The fraction of sp³-hybridized carbons (Fsp3) is 0.667. The van der Waals surface area contributed by atoms with E-state index in [1.807, 2.05) is 51.1 Å². The average molecular weight is 757 g/mol. The smallest absolute Gasteiger partial charge is 0.328 e. The van der Waals surface area contributed by atoms with Gasteiger partial charge in [0.1, 0.15) is 36.3 Å². The van der Waals surface area contributed by atoms with Crippen molar-refractivity contribution in [1.29, 1.82) is 0 Å². The number of aliphatic hydroxyl groups is 1. The Morgan fingerprint density at radius 2 is 1.46 bits per heavy atom. The van der Waals surface area contributed by atoms with Gasteiger partial charge in [-0.2, -0.15) is 0 Å². The van der Waals surface area contributed by atoms with Gasteiger partial charge in [0.15, 0.2) is 0 Å². The molecule has 0 spiro atoms. The number of benzene rings is 1. The molecule has 3 rings (SSSR count). The molecule has 0 aromatic heterocycles. The quantitative estimate of drug-likeness (QED) is 0.196. The molecule has 2 aliphatic rings. The van der Waals surface area contributed by atoms with Gasteiger partial charge in [-0.3, -0.25) is 28.8 Å². The minimum atomic E-state index is -1.22. The summed E-state index contributed by atoms with van der Waals surface area (Å²) in [5.74, 6) is -3.90. The molecule has 6 amide bonds. The molecule has 2 fully saturated rings. The lowest BCUT2D eigenvalue weighted by Gasteiger charge is -2.35. The zero-order valence-corrected chi connectivity index (χ0v) is 33.1. The molecule has 15 heteroatoms. The van der Waals surface area contributed by atoms with E-state index in [9.17, 15) is 38.7 Å². The van der Waals surface area contributed by atoms with Crippen LogP contribution < -0.4 is 10.6 Å². The maximum absolute atomic E-state index is 14.0. The summed E-state index contributed by atoms with van der Waals surface area (Å²) in [6, 6.07) is 4.58. The third-order valence-corrected chi connectivity index (χ3v) is 10.7. The topological polar surface area (TPSA) is 186 Å². The summed E-state index contributed by atoms with van der Waals surface area (Å²) >= 11 is 0. The van der Waals surface area contributed by atoms with Crippen molar-refractivity contribution in [3.05, 3.63) is 35.9 Å². The SMILES string of the molecule is CCC(C)C(O)C(=O)N1CCCC1C(=O)NCC(=O)N(C)C(CC(C)C)C(=O)NC(C)C(=O)N(C)C(Cc1ccccc1)C(=O)N1CCCC1C(=O)OC. The van der Waals surface area contributed by atoms with E-state index in [4.69, 9.17) is 4.74 Å². The van der Waals surface area contributed by atoms with Gasteiger partial charge < -0.3 is 40.1 Å². The Morgan fingerprint density at radius 3 is 2.04 bits per heavy atom. The van der Waals surface area contributed by atoms with Gasteiger partial charge in [0, 0.05) is 33.6 Å². The maximum Gasteiger partial charge on any atom is 0.328 e. The number of carbonyl (C=O) groups is 7. The van der Waals surface area contributed by atoms with Crippen molar-refractivity contribution in [2.75, 3.05) is 40.8 Å². The Morgan fingerprint density at radius 1 is 0.870 bits per heavy atom. The largest absolute Gasteiger partial charge is 0.467 e. The first-order valence-corrected chi connectivity index (χ1v) is 19.0. The van der Waals surface area contributed by atoms with Crippen LogP contribution in [-0.2, 0) is 44.7 Å². The van der Waals surface area contributed by atoms with Gasteiger partial charge in [0.25, 0.3) is 5.91 Å². The van der Waals surface area contributed by atoms with Gasteiger partial charge in [-0.15, -0.1) is 0 Å². The summed E-state index contributed by atoms with van der Waals surface area (Å²) in [5, 5.41) is 15.8. The molecule has 54 heavy (non-hydrogen) atoms. The number of ether oxygens (including phenoxy) is 1. The summed E-state index contributed by atoms with van der Waals surface area (Å²) in [6.45, 7) is 9.17. The number of hydrogen-bond donors (Lipinski definition) is 3. The monoisotopic (exact) mass is 756 g/mol. The molecule has 15 nitrogen and oxygen atoms in total. The lowest BCUT2D eigenvalue weighted by Crippen LogP contribution is -2.58. The molecule has 0 saturated carbocycles. The minimum absolute atomic E-state index is 0.0228. The van der Waals surface area contributed by atoms with E-state index >= 15 is 0 Å². The van der Waals surface area contributed by atoms with Crippen LogP contribution in [-0.4, -0.2) is 143 Å². The molecular weight excluding hydrogens is 696 g/mol. The maximum atomic E-state index is 14.0. The van der Waals surface area contributed by atoms with Crippen LogP contribution in [0.2, 0.25) is 0 Å². The molecule has 0 bridgehead atoms. The van der Waals surface area contributed by atoms with Crippen molar-refractivity contribution in [2.45, 2.75) is 116 Å². The summed E-state index contributed by atoms with van der Waals surface area (Å²) in [7, 11) is 4.22. The number of amides is 6. The Hall–Kier alpha value is -4.53. The van der Waals surface area contributed by atoms with Crippen molar-refractivity contribution in [1.82, 2.24) is 30.2 Å². The second kappa shape index (κ2) is 20.2. The number of nitrogens with one attached hydrogen (secondary N) is 2. The lowest BCUT2D eigenvalue weighted by molar-refractivity contribution is -0.154. The molecule has 0 radical (unpaired) electrons. The highest BCUT2D eigenvalue weighted by atomic mass is 16.5. The Bertz CT molecular complexity index is 1490. The Balaban J connectivity index is 1.70. The van der Waals surface area contributed by atoms with Gasteiger partial charge in [0.2, 0.25) is 29.5 Å². The molecule has 1 aromatic rings. The third-order valence-electron chi connectivity index (χ3n) is 10.7. The second-order valence-corrected chi connectivity index (χ2v) is 15.0. The highest BCUT2D eigenvalue weighted by Crippen LogP contribution is 2.24. The Labute approximate surface area is 319 Å². The van der Waals surface area contributed by atoms with Crippen LogP contribution in [0, 0.1) is 11.8 Å². The number of methoxy groups -OCH3 is 1. The average Bonchev–Trinajstić information content (AvgIpc) is 3.87. The molecule has 0 aliphatic carbocycles. The van der Waals surface area contributed by atoms with Crippen molar-refractivity contribution in [3.8, 4) is 0 Å². The van der Waals surface area contributed by atoms with E-state index < -0.39 is 84.3 Å². The fourth-order valence-corrected chi connectivity index (χ4v) is 7.07. The first-order chi connectivity index (χ1) is 25.5. The summed E-state index contributed by atoms with van der Waals surface area (Å²) in [6.07, 6.45) is 1.86. The molecule has 2 saturated heterocycles. The van der Waals surface area contributed by atoms with Crippen LogP contribution in [0.5, 0.6) is 0 Å². The van der Waals surface area contributed by atoms with Crippen LogP contribution in [0.1, 0.15) is 78.7 Å². The first kappa shape index (κ1) is 43.9. The fourth-order valence-electron chi connectivity index (χ4n) is 7.07. The summed E-state index contributed by atoms with van der Waals surface area (Å²) < 4.78 is 4.94. The Kier molecular flexibility index (Phi) is 16.4. The van der Waals surface area contributed by atoms with Gasteiger partial charge in [-0.25, -0.2) is 4.79 Å². The van der Waals surface area contributed by atoms with Gasteiger partial charge in [-0.1, -0.05) is 64.4 Å². The van der Waals surface area contributed by atoms with Crippen molar-refractivity contribution in [3.63, 3.8) is 0 Å². The predicted octanol–water partition coefficient (Wildman–Crippen LogP) is 1.11. The number of hydrogen-bond acceptors (Lipinski definition) is 9. The predicted molar refractivity (Wildman–Crippen MR) is 200 cm³/mol. The molecule has 2 heterocycles. The number of esters is 1. The van der Waals surface area contributed by atoms with E-state index in [-0.39, 0.29) is 24.7 Å². The van der Waals surface area contributed by atoms with Crippen LogP contribution in [0.3, 0.4) is 0 Å². The normalized spacial score (nSPS) is 19.7. The third kappa shape index (κ3) is 11.0. The second-order valence-electron chi connectivity index (χ2n) is 15.0. The van der Waals surface area contributed by atoms with Crippen LogP contribution >= 0.6 is 0 Å². The molecule has 1 aromatic carbocycles. The number of aliphatic hydroxyl groups excluding tert-OH is 1. The zero-order valence-electron chi connectivity index (χ0n) is 33.1. The number of likely N-dealkylation sites (N-methyl/N-ethyl adjacent to an activating group) is 2. The van der Waals surface area contributed by atoms with E-state index in [1.54, 1.807) is 6.92 Å². The van der Waals surface area contributed by atoms with Crippen molar-refractivity contribution >= 4 is 41.4 Å². The highest BCUT2D eigenvalue weighted by Gasteiger charge is 2.42. The number of rotatable bonds is 17. The van der Waals surface area contributed by atoms with Crippen LogP contribution in [0.4, 0.5) is 0 Å². The van der Waals surface area contributed by atoms with Gasteiger partial charge >= 0.3 is 5.97 Å². The standard InChI is InChI=1S/C39H60N6O9/c1-9-25(4)33(47)38(52)44-19-13-17-28(44)34(48)40-23-32(46)42(6)30(21-24(2)3)35(49)41-26(5)36(50)43(7)31(22-27-15-11-10-12-16-27)37(51)45-20-14-18-29(45)39(53)54-8/h10-12,15-16,24-26,28-31,33,47H,9,13-14,17-23H2,1-8H3,(H,40,48)(H,41,49). The highest BCUT2D eigenvalue weighted by molar-refractivity contribution is 5.96. The number of likely N-dealkylation sites (tertiary alicyclic amines) is 2. The van der Waals surface area contributed by atoms with Gasteiger partial charge in [0.05, 0.1) is 13.7 Å². The van der Waals surface area contributed by atoms with Crippen molar-refractivity contribution < 1.29 is 43.4 Å². The lowest BCUT2D eigenvalue weighted by atomic mass is 10.0. The van der Waals surface area contributed by atoms with E-state index in [1.165, 1.54) is 47.7 Å². The molecular formula is C39H60N6O9. The number of carbonyl (C=O) groups excluding carboxylic acids is 7. The molecule has 2 aliphatic heterocycles. The van der Waals surface area contributed by atoms with Crippen LogP contribution in [0.25, 0.3) is 0 Å². The number of nitrogens with zero attached hydrogens (tertiary/aromatic N) is 4. The zero-order chi connectivity index (χ0) is 40.3. The van der Waals surface area contributed by atoms with E-state index in [0.717, 1.165) is 5.56 Å².